The molecular formula is C16H23ClN6O. The molecule has 0 radical (unpaired) electrons. The number of hydrogen-bond donors (Lipinski definition) is 3. The molecule has 3 N–H and O–H groups in total. The second-order valence-corrected chi connectivity index (χ2v) is 5.62. The molecule has 0 saturated carbocycles. The topological polar surface area (TPSA) is 86.2 Å². The van der Waals surface area contributed by atoms with Crippen molar-refractivity contribution in [2.75, 3.05) is 41.8 Å². The van der Waals surface area contributed by atoms with Crippen molar-refractivity contribution in [3.8, 4) is 0 Å². The molecule has 130 valence electrons. The van der Waals surface area contributed by atoms with E-state index in [1.807, 2.05) is 31.2 Å². The summed E-state index contributed by atoms with van der Waals surface area (Å²) in [5.41, 5.74) is 2.11. The number of aryl methyl sites for hydroxylation is 1. The highest BCUT2D eigenvalue weighted by atomic mass is 35.5. The average Bonchev–Trinajstić information content (AvgIpc) is 3.07. The normalized spacial score (nSPS) is 13.5. The van der Waals surface area contributed by atoms with Gasteiger partial charge in [-0.1, -0.05) is 12.1 Å². The number of nitrogens with zero attached hydrogens (tertiary/aromatic N) is 4. The highest BCUT2D eigenvalue weighted by Crippen LogP contribution is 2.21. The molecule has 0 atom stereocenters. The maximum atomic E-state index is 8.98. The van der Waals surface area contributed by atoms with Crippen molar-refractivity contribution in [3.63, 3.8) is 0 Å². The van der Waals surface area contributed by atoms with E-state index in [0.29, 0.717) is 24.4 Å². The maximum Gasteiger partial charge on any atom is 0.233 e. The first-order valence-electron chi connectivity index (χ1n) is 7.94. The van der Waals surface area contributed by atoms with Gasteiger partial charge >= 0.3 is 0 Å². The summed E-state index contributed by atoms with van der Waals surface area (Å²) in [6.07, 6.45) is 2.32. The van der Waals surface area contributed by atoms with Crippen LogP contribution in [0, 0.1) is 6.92 Å². The summed E-state index contributed by atoms with van der Waals surface area (Å²) in [5, 5.41) is 15.2. The first kappa shape index (κ1) is 18.2. The van der Waals surface area contributed by atoms with Crippen molar-refractivity contribution in [1.82, 2.24) is 15.0 Å². The average molecular weight is 351 g/mol. The van der Waals surface area contributed by atoms with Crippen LogP contribution in [0.2, 0.25) is 0 Å². The molecule has 3 rings (SSSR count). The zero-order valence-electron chi connectivity index (χ0n) is 13.7. The Labute approximate surface area is 148 Å². The highest BCUT2D eigenvalue weighted by Gasteiger charge is 2.17. The van der Waals surface area contributed by atoms with Gasteiger partial charge in [0.15, 0.2) is 0 Å². The van der Waals surface area contributed by atoms with Crippen LogP contribution in [0.15, 0.2) is 24.3 Å². The summed E-state index contributed by atoms with van der Waals surface area (Å²) >= 11 is 0. The van der Waals surface area contributed by atoms with Crippen LogP contribution in [0.5, 0.6) is 0 Å². The molecule has 1 aliphatic heterocycles. The third kappa shape index (κ3) is 4.69. The summed E-state index contributed by atoms with van der Waals surface area (Å²) < 4.78 is 0. The Kier molecular flexibility index (Phi) is 6.57. The van der Waals surface area contributed by atoms with E-state index in [-0.39, 0.29) is 19.0 Å². The third-order valence-electron chi connectivity index (χ3n) is 3.68. The first-order chi connectivity index (χ1) is 11.2. The SMILES string of the molecule is Cc1cccc(Nc2nc(NCCO)nc(N3CCCC3)n2)c1.Cl. The number of rotatable bonds is 6. The number of anilines is 4. The summed E-state index contributed by atoms with van der Waals surface area (Å²) in [5.74, 6) is 1.66. The van der Waals surface area contributed by atoms with Gasteiger partial charge in [-0.25, -0.2) is 0 Å². The van der Waals surface area contributed by atoms with Gasteiger partial charge in [0, 0.05) is 25.3 Å². The number of aliphatic hydroxyl groups excluding tert-OH is 1. The lowest BCUT2D eigenvalue weighted by atomic mass is 10.2. The lowest BCUT2D eigenvalue weighted by Crippen LogP contribution is -2.22. The monoisotopic (exact) mass is 350 g/mol. The summed E-state index contributed by atoms with van der Waals surface area (Å²) in [6.45, 7) is 4.42. The standard InChI is InChI=1S/C16H22N6O.ClH/c1-12-5-4-6-13(11-12)18-15-19-14(17-7-10-23)20-16(21-15)22-8-2-3-9-22;/h4-6,11,23H,2-3,7-10H2,1H3,(H2,17,18,19,20,21);1H. The fourth-order valence-corrected chi connectivity index (χ4v) is 2.58. The Morgan fingerprint density at radius 2 is 1.88 bits per heavy atom. The minimum atomic E-state index is 0. The van der Waals surface area contributed by atoms with E-state index in [9.17, 15) is 0 Å². The molecule has 0 aliphatic carbocycles. The van der Waals surface area contributed by atoms with Crippen LogP contribution in [0.1, 0.15) is 18.4 Å². The van der Waals surface area contributed by atoms with Gasteiger partial charge in [0.2, 0.25) is 17.8 Å². The Morgan fingerprint density at radius 3 is 2.58 bits per heavy atom. The molecule has 0 amide bonds. The Bertz CT molecular complexity index is 663. The van der Waals surface area contributed by atoms with Crippen LogP contribution >= 0.6 is 12.4 Å². The van der Waals surface area contributed by atoms with E-state index in [2.05, 4.69) is 30.5 Å². The Balaban J connectivity index is 0.00000208. The molecule has 1 fully saturated rings. The number of aromatic nitrogens is 3. The predicted octanol–water partition coefficient (Wildman–Crippen LogP) is 2.35. The molecule has 0 unspecified atom stereocenters. The molecule has 2 heterocycles. The lowest BCUT2D eigenvalue weighted by molar-refractivity contribution is 0.311. The minimum Gasteiger partial charge on any atom is -0.395 e. The van der Waals surface area contributed by atoms with Crippen LogP contribution in [0.4, 0.5) is 23.5 Å². The largest absolute Gasteiger partial charge is 0.395 e. The quantitative estimate of drug-likeness (QED) is 0.737. The predicted molar refractivity (Wildman–Crippen MR) is 98.6 cm³/mol. The molecule has 24 heavy (non-hydrogen) atoms. The molecular weight excluding hydrogens is 328 g/mol. The first-order valence-corrected chi connectivity index (χ1v) is 7.94. The molecule has 2 aromatic rings. The van der Waals surface area contributed by atoms with Crippen LogP contribution in [-0.2, 0) is 0 Å². The van der Waals surface area contributed by atoms with Crippen LogP contribution in [0.3, 0.4) is 0 Å². The zero-order valence-corrected chi connectivity index (χ0v) is 14.5. The second-order valence-electron chi connectivity index (χ2n) is 5.62. The van der Waals surface area contributed by atoms with Gasteiger partial charge in [0.05, 0.1) is 6.61 Å². The number of aliphatic hydroxyl groups is 1. The van der Waals surface area contributed by atoms with Crippen molar-refractivity contribution >= 4 is 35.9 Å². The third-order valence-corrected chi connectivity index (χ3v) is 3.68. The zero-order chi connectivity index (χ0) is 16.1. The van der Waals surface area contributed by atoms with Gasteiger partial charge < -0.3 is 20.6 Å². The van der Waals surface area contributed by atoms with Gasteiger partial charge in [0.1, 0.15) is 0 Å². The second kappa shape index (κ2) is 8.65. The van der Waals surface area contributed by atoms with Crippen molar-refractivity contribution in [2.24, 2.45) is 0 Å². The molecule has 1 aromatic carbocycles. The molecule has 1 aromatic heterocycles. The Hall–Kier alpha value is -2.12. The van der Waals surface area contributed by atoms with Crippen molar-refractivity contribution < 1.29 is 5.11 Å². The van der Waals surface area contributed by atoms with Crippen LogP contribution < -0.4 is 15.5 Å². The molecule has 7 nitrogen and oxygen atoms in total. The summed E-state index contributed by atoms with van der Waals surface area (Å²) in [4.78, 5) is 15.5. The summed E-state index contributed by atoms with van der Waals surface area (Å²) in [7, 11) is 0. The van der Waals surface area contributed by atoms with E-state index >= 15 is 0 Å². The Morgan fingerprint density at radius 1 is 1.12 bits per heavy atom. The van der Waals surface area contributed by atoms with Gasteiger partial charge in [-0.05, 0) is 37.5 Å². The number of hydrogen-bond acceptors (Lipinski definition) is 7. The fourth-order valence-electron chi connectivity index (χ4n) is 2.58. The van der Waals surface area contributed by atoms with E-state index in [1.54, 1.807) is 0 Å². The molecule has 0 bridgehead atoms. The van der Waals surface area contributed by atoms with Gasteiger partial charge in [-0.3, -0.25) is 0 Å². The van der Waals surface area contributed by atoms with Gasteiger partial charge in [-0.15, -0.1) is 12.4 Å². The number of halogens is 1. The lowest BCUT2D eigenvalue weighted by Gasteiger charge is -2.17. The van der Waals surface area contributed by atoms with E-state index in [4.69, 9.17) is 5.11 Å². The maximum absolute atomic E-state index is 8.98. The van der Waals surface area contributed by atoms with Crippen molar-refractivity contribution in [1.29, 1.82) is 0 Å². The number of nitrogens with one attached hydrogen (secondary N) is 2. The molecule has 1 aliphatic rings. The van der Waals surface area contributed by atoms with E-state index < -0.39 is 0 Å². The molecule has 1 saturated heterocycles. The van der Waals surface area contributed by atoms with Crippen LogP contribution in [-0.4, -0.2) is 46.3 Å². The van der Waals surface area contributed by atoms with Gasteiger partial charge in [0.25, 0.3) is 0 Å². The number of benzene rings is 1. The smallest absolute Gasteiger partial charge is 0.233 e. The van der Waals surface area contributed by atoms with Gasteiger partial charge in [-0.2, -0.15) is 15.0 Å². The fraction of sp³-hybridized carbons (Fsp3) is 0.438. The van der Waals surface area contributed by atoms with Crippen molar-refractivity contribution in [3.05, 3.63) is 29.8 Å². The minimum absolute atomic E-state index is 0. The van der Waals surface area contributed by atoms with E-state index in [0.717, 1.165) is 31.6 Å². The molecule has 8 heteroatoms. The van der Waals surface area contributed by atoms with E-state index in [1.165, 1.54) is 5.56 Å². The summed E-state index contributed by atoms with van der Waals surface area (Å²) in [6, 6.07) is 8.06. The molecule has 0 spiro atoms. The van der Waals surface area contributed by atoms with Crippen molar-refractivity contribution in [2.45, 2.75) is 19.8 Å². The highest BCUT2D eigenvalue weighted by molar-refractivity contribution is 5.85. The van der Waals surface area contributed by atoms with Crippen LogP contribution in [0.25, 0.3) is 0 Å².